The highest BCUT2D eigenvalue weighted by atomic mass is 16.6. The van der Waals surface area contributed by atoms with Crippen molar-refractivity contribution in [2.75, 3.05) is 0 Å². The van der Waals surface area contributed by atoms with Gasteiger partial charge in [0, 0.05) is 6.07 Å². The molecule has 0 aromatic heterocycles. The Morgan fingerprint density at radius 3 is 1.32 bits per heavy atom. The summed E-state index contributed by atoms with van der Waals surface area (Å²) in [6.45, 7) is 0. The van der Waals surface area contributed by atoms with Crippen molar-refractivity contribution in [1.82, 2.24) is 0 Å². The van der Waals surface area contributed by atoms with Crippen molar-refractivity contribution >= 4 is 23.9 Å². The number of carboxylic acid groups (broad SMARTS) is 1. The van der Waals surface area contributed by atoms with Gasteiger partial charge < -0.3 is 24.4 Å². The van der Waals surface area contributed by atoms with Gasteiger partial charge in [0.2, 0.25) is 11.5 Å². The molecule has 0 amide bonds. The smallest absolute Gasteiger partial charge is 0.343 e. The Hall–Kier alpha value is -5.44. The van der Waals surface area contributed by atoms with Crippen molar-refractivity contribution in [2.45, 2.75) is 0 Å². The molecule has 37 heavy (non-hydrogen) atoms. The fraction of sp³-hybridized carbons (Fsp3) is 0. The number of benzene rings is 4. The highest BCUT2D eigenvalue weighted by Crippen LogP contribution is 2.47. The first-order valence-electron chi connectivity index (χ1n) is 10.8. The number of carbonyl (C=O) groups is 4. The van der Waals surface area contributed by atoms with E-state index in [1.807, 2.05) is 0 Å². The van der Waals surface area contributed by atoms with Crippen LogP contribution in [-0.4, -0.2) is 34.1 Å². The third kappa shape index (κ3) is 5.63. The minimum atomic E-state index is -1.62. The average molecular weight is 498 g/mol. The molecular formula is C28H18O9. The lowest BCUT2D eigenvalue weighted by molar-refractivity contribution is 0.0643. The summed E-state index contributed by atoms with van der Waals surface area (Å²) in [5.41, 5.74) is -0.502. The highest BCUT2D eigenvalue weighted by molar-refractivity contribution is 5.99. The van der Waals surface area contributed by atoms with Crippen LogP contribution in [0.15, 0.2) is 97.1 Å². The molecule has 2 N–H and O–H groups in total. The molecule has 0 fully saturated rings. The number of aromatic hydroxyl groups is 1. The summed E-state index contributed by atoms with van der Waals surface area (Å²) < 4.78 is 16.1. The number of carbonyl (C=O) groups excluding carboxylic acids is 3. The molecular weight excluding hydrogens is 480 g/mol. The van der Waals surface area contributed by atoms with Gasteiger partial charge in [-0.1, -0.05) is 54.6 Å². The van der Waals surface area contributed by atoms with E-state index in [4.69, 9.17) is 14.2 Å². The van der Waals surface area contributed by atoms with Gasteiger partial charge in [-0.15, -0.1) is 0 Å². The molecule has 0 aliphatic carbocycles. The Labute approximate surface area is 210 Å². The summed E-state index contributed by atoms with van der Waals surface area (Å²) in [5.74, 6) is -7.52. The van der Waals surface area contributed by atoms with Crippen molar-refractivity contribution in [3.05, 3.63) is 119 Å². The van der Waals surface area contributed by atoms with E-state index in [0.29, 0.717) is 0 Å². The largest absolute Gasteiger partial charge is 0.504 e. The van der Waals surface area contributed by atoms with Gasteiger partial charge in [0.25, 0.3) is 0 Å². The third-order valence-electron chi connectivity index (χ3n) is 5.03. The molecule has 0 atom stereocenters. The third-order valence-corrected chi connectivity index (χ3v) is 5.03. The van der Waals surface area contributed by atoms with Crippen molar-refractivity contribution in [3.8, 4) is 23.0 Å². The first-order valence-corrected chi connectivity index (χ1v) is 10.8. The molecule has 9 nitrogen and oxygen atoms in total. The normalized spacial score (nSPS) is 10.3. The van der Waals surface area contributed by atoms with Crippen LogP contribution in [0.3, 0.4) is 0 Å². The number of hydrogen-bond acceptors (Lipinski definition) is 8. The van der Waals surface area contributed by atoms with Crippen molar-refractivity contribution in [2.24, 2.45) is 0 Å². The first kappa shape index (κ1) is 24.7. The molecule has 0 spiro atoms. The average Bonchev–Trinajstić information content (AvgIpc) is 2.93. The van der Waals surface area contributed by atoms with Crippen LogP contribution in [0.2, 0.25) is 0 Å². The molecule has 4 aromatic rings. The molecule has 9 heteroatoms. The molecule has 0 radical (unpaired) electrons. The monoisotopic (exact) mass is 498 g/mol. The predicted molar refractivity (Wildman–Crippen MR) is 129 cm³/mol. The Kier molecular flexibility index (Phi) is 7.25. The van der Waals surface area contributed by atoms with E-state index in [0.717, 1.165) is 6.07 Å². The minimum Gasteiger partial charge on any atom is -0.504 e. The number of ether oxygens (including phenoxy) is 3. The van der Waals surface area contributed by atoms with E-state index >= 15 is 0 Å². The van der Waals surface area contributed by atoms with Crippen LogP contribution in [0.1, 0.15) is 41.4 Å². The van der Waals surface area contributed by atoms with Crippen LogP contribution in [0.4, 0.5) is 0 Å². The van der Waals surface area contributed by atoms with Gasteiger partial charge in [-0.3, -0.25) is 0 Å². The topological polar surface area (TPSA) is 136 Å². The van der Waals surface area contributed by atoms with Crippen LogP contribution >= 0.6 is 0 Å². The number of aromatic carboxylic acids is 1. The maximum absolute atomic E-state index is 12.9. The van der Waals surface area contributed by atoms with Gasteiger partial charge in [0.1, 0.15) is 5.56 Å². The molecule has 0 saturated heterocycles. The summed E-state index contributed by atoms with van der Waals surface area (Å²) >= 11 is 0. The molecule has 0 saturated carbocycles. The second-order valence-electron chi connectivity index (χ2n) is 7.50. The van der Waals surface area contributed by atoms with Crippen molar-refractivity contribution < 1.29 is 43.6 Å². The van der Waals surface area contributed by atoms with Crippen molar-refractivity contribution in [1.29, 1.82) is 0 Å². The Morgan fingerprint density at radius 2 is 0.919 bits per heavy atom. The minimum absolute atomic E-state index is 0.0609. The number of esters is 3. The molecule has 0 unspecified atom stereocenters. The molecule has 184 valence electrons. The number of carboxylic acids is 1. The van der Waals surface area contributed by atoms with Gasteiger partial charge in [-0.25, -0.2) is 19.2 Å². The molecule has 4 rings (SSSR count). The van der Waals surface area contributed by atoms with E-state index in [9.17, 15) is 29.4 Å². The maximum atomic E-state index is 12.9. The zero-order valence-electron chi connectivity index (χ0n) is 19.0. The van der Waals surface area contributed by atoms with E-state index in [1.54, 1.807) is 54.6 Å². The van der Waals surface area contributed by atoms with Crippen LogP contribution in [0.5, 0.6) is 23.0 Å². The van der Waals surface area contributed by atoms with Crippen LogP contribution in [-0.2, 0) is 0 Å². The van der Waals surface area contributed by atoms with Gasteiger partial charge >= 0.3 is 23.9 Å². The molecule has 0 heterocycles. The zero-order chi connectivity index (χ0) is 26.4. The first-order chi connectivity index (χ1) is 17.8. The summed E-state index contributed by atoms with van der Waals surface area (Å²) in [7, 11) is 0. The number of rotatable bonds is 7. The fourth-order valence-electron chi connectivity index (χ4n) is 3.22. The lowest BCUT2D eigenvalue weighted by Gasteiger charge is -2.17. The number of hydrogen-bond donors (Lipinski definition) is 2. The van der Waals surface area contributed by atoms with E-state index in [2.05, 4.69) is 0 Å². The zero-order valence-corrected chi connectivity index (χ0v) is 19.0. The predicted octanol–water partition coefficient (Wildman–Crippen LogP) is 4.75. The molecule has 0 bridgehead atoms. The van der Waals surface area contributed by atoms with Crippen LogP contribution in [0.25, 0.3) is 0 Å². The Bertz CT molecular complexity index is 1460. The summed E-state index contributed by atoms with van der Waals surface area (Å²) in [6, 6.07) is 23.9. The number of phenols is 1. The molecule has 0 aliphatic heterocycles. The van der Waals surface area contributed by atoms with Gasteiger partial charge in [0.05, 0.1) is 16.7 Å². The second kappa shape index (κ2) is 10.9. The summed E-state index contributed by atoms with van der Waals surface area (Å²) in [6.07, 6.45) is 0. The summed E-state index contributed by atoms with van der Waals surface area (Å²) in [5, 5.41) is 20.3. The van der Waals surface area contributed by atoms with E-state index < -0.39 is 52.4 Å². The lowest BCUT2D eigenvalue weighted by atomic mass is 10.1. The Balaban J connectivity index is 1.84. The maximum Gasteiger partial charge on any atom is 0.343 e. The van der Waals surface area contributed by atoms with Crippen LogP contribution < -0.4 is 14.2 Å². The van der Waals surface area contributed by atoms with E-state index in [1.165, 1.54) is 36.4 Å². The van der Waals surface area contributed by atoms with Crippen LogP contribution in [0, 0.1) is 0 Å². The summed E-state index contributed by atoms with van der Waals surface area (Å²) in [4.78, 5) is 50.2. The SMILES string of the molecule is O=C(Oc1cc(C(=O)O)c(O)c(OC(=O)c2ccccc2)c1OC(=O)c1ccccc1)c1ccccc1. The van der Waals surface area contributed by atoms with Gasteiger partial charge in [-0.2, -0.15) is 0 Å². The highest BCUT2D eigenvalue weighted by Gasteiger charge is 2.30. The second-order valence-corrected chi connectivity index (χ2v) is 7.50. The molecule has 4 aromatic carbocycles. The van der Waals surface area contributed by atoms with Gasteiger partial charge in [0.15, 0.2) is 11.5 Å². The quantitative estimate of drug-likeness (QED) is 0.273. The lowest BCUT2D eigenvalue weighted by Crippen LogP contribution is -2.16. The standard InChI is InChI=1S/C28H18O9/c29-22-20(25(30)31)16-21(35-26(32)17-10-4-1-5-11-17)23(36-27(33)18-12-6-2-7-13-18)24(22)37-28(34)19-14-8-3-9-15-19/h1-16,29H,(H,30,31). The Morgan fingerprint density at radius 1 is 0.541 bits per heavy atom. The van der Waals surface area contributed by atoms with Gasteiger partial charge in [-0.05, 0) is 36.4 Å². The van der Waals surface area contributed by atoms with E-state index in [-0.39, 0.29) is 16.7 Å². The van der Waals surface area contributed by atoms with Crippen molar-refractivity contribution in [3.63, 3.8) is 0 Å². The fourth-order valence-corrected chi connectivity index (χ4v) is 3.22. The molecule has 0 aliphatic rings.